The summed E-state index contributed by atoms with van der Waals surface area (Å²) in [6, 6.07) is 1.83. The van der Waals surface area contributed by atoms with Crippen LogP contribution >= 0.6 is 0 Å². The first kappa shape index (κ1) is 16.5. The third-order valence-corrected chi connectivity index (χ3v) is 2.31. The average Bonchev–Trinajstić information content (AvgIpc) is 2.33. The van der Waals surface area contributed by atoms with Crippen molar-refractivity contribution in [2.45, 2.75) is 19.0 Å². The molecule has 0 fully saturated rings. The van der Waals surface area contributed by atoms with E-state index in [1.807, 2.05) is 0 Å². The molecule has 0 heterocycles. The molecule has 0 amide bonds. The van der Waals surface area contributed by atoms with Crippen molar-refractivity contribution in [1.29, 1.82) is 0 Å². The first-order valence-corrected chi connectivity index (χ1v) is 5.47. The van der Waals surface area contributed by atoms with Gasteiger partial charge in [0.1, 0.15) is 12.4 Å². The summed E-state index contributed by atoms with van der Waals surface area (Å²) in [6.07, 6.45) is -7.96. The van der Waals surface area contributed by atoms with Crippen molar-refractivity contribution in [2.24, 2.45) is 0 Å². The molecule has 112 valence electrons. The van der Waals surface area contributed by atoms with Gasteiger partial charge in [-0.25, -0.2) is 13.2 Å². The molecule has 0 aromatic heterocycles. The fourth-order valence-corrected chi connectivity index (χ4v) is 1.40. The number of carbonyl (C=O) groups excluding carboxylic acids is 1. The number of ketones is 1. The lowest BCUT2D eigenvalue weighted by Crippen LogP contribution is -2.12. The van der Waals surface area contributed by atoms with E-state index in [1.54, 1.807) is 0 Å². The number of halogens is 6. The Hall–Kier alpha value is -1.57. The summed E-state index contributed by atoms with van der Waals surface area (Å²) in [7, 11) is 0. The van der Waals surface area contributed by atoms with E-state index in [4.69, 9.17) is 0 Å². The Morgan fingerprint density at radius 2 is 1.90 bits per heavy atom. The predicted octanol–water partition coefficient (Wildman–Crippen LogP) is 3.70. The van der Waals surface area contributed by atoms with Gasteiger partial charge in [-0.2, -0.15) is 13.2 Å². The van der Waals surface area contributed by atoms with Gasteiger partial charge < -0.3 is 4.74 Å². The highest BCUT2D eigenvalue weighted by Crippen LogP contribution is 2.32. The van der Waals surface area contributed by atoms with Crippen LogP contribution in [-0.4, -0.2) is 25.4 Å². The highest BCUT2D eigenvalue weighted by atomic mass is 19.4. The van der Waals surface area contributed by atoms with Crippen LogP contribution in [0.15, 0.2) is 18.2 Å². The van der Waals surface area contributed by atoms with Gasteiger partial charge in [-0.3, -0.25) is 4.79 Å². The number of hydrogen-bond donors (Lipinski definition) is 0. The Bertz CT molecular complexity index is 470. The zero-order valence-corrected chi connectivity index (χ0v) is 10.0. The number of ether oxygens (including phenoxy) is 1. The molecule has 2 nitrogen and oxygen atoms in total. The summed E-state index contributed by atoms with van der Waals surface area (Å²) < 4.78 is 78.2. The predicted molar refractivity (Wildman–Crippen MR) is 57.2 cm³/mol. The molecule has 0 aliphatic rings. The molecule has 0 spiro atoms. The zero-order valence-electron chi connectivity index (χ0n) is 10.0. The molecule has 1 aromatic carbocycles. The molecule has 0 unspecified atom stereocenters. The number of Topliss-reactive ketones (excluding diaryl/α,β-unsaturated/α-hetero) is 1. The maximum Gasteiger partial charge on any atom is 0.419 e. The SMILES string of the molecule is O=C(CCOCC(F)F)c1ccc(F)c(C(F)(F)F)c1. The smallest absolute Gasteiger partial charge is 0.375 e. The molecular formula is C12H10F6O2. The fraction of sp³-hybridized carbons (Fsp3) is 0.417. The molecule has 0 atom stereocenters. The van der Waals surface area contributed by atoms with Crippen LogP contribution in [0.3, 0.4) is 0 Å². The highest BCUT2D eigenvalue weighted by molar-refractivity contribution is 5.96. The van der Waals surface area contributed by atoms with Crippen molar-refractivity contribution in [2.75, 3.05) is 13.2 Å². The number of hydrogen-bond acceptors (Lipinski definition) is 2. The maximum atomic E-state index is 13.0. The molecule has 1 aromatic rings. The molecule has 0 saturated heterocycles. The molecular weight excluding hydrogens is 290 g/mol. The van der Waals surface area contributed by atoms with Crippen LogP contribution in [0.25, 0.3) is 0 Å². The molecule has 0 saturated carbocycles. The summed E-state index contributed by atoms with van der Waals surface area (Å²) in [5.41, 5.74) is -1.89. The number of alkyl halides is 5. The second-order valence-corrected chi connectivity index (χ2v) is 3.83. The van der Waals surface area contributed by atoms with Gasteiger partial charge >= 0.3 is 6.18 Å². The van der Waals surface area contributed by atoms with Crippen LogP contribution in [0.5, 0.6) is 0 Å². The monoisotopic (exact) mass is 300 g/mol. The Morgan fingerprint density at radius 1 is 1.25 bits per heavy atom. The molecule has 8 heteroatoms. The Balaban J connectivity index is 2.70. The van der Waals surface area contributed by atoms with Crippen LogP contribution in [0.1, 0.15) is 22.3 Å². The van der Waals surface area contributed by atoms with E-state index in [0.717, 1.165) is 6.07 Å². The van der Waals surface area contributed by atoms with Crippen LogP contribution in [-0.2, 0) is 10.9 Å². The number of benzene rings is 1. The lowest BCUT2D eigenvalue weighted by Gasteiger charge is -2.09. The van der Waals surface area contributed by atoms with Gasteiger partial charge in [0, 0.05) is 12.0 Å². The first-order chi connectivity index (χ1) is 9.21. The Labute approximate surface area is 110 Å². The van der Waals surface area contributed by atoms with Crippen molar-refractivity contribution < 1.29 is 35.9 Å². The summed E-state index contributed by atoms with van der Waals surface area (Å²) in [6.45, 7) is -1.20. The maximum absolute atomic E-state index is 13.0. The van der Waals surface area contributed by atoms with Gasteiger partial charge in [-0.05, 0) is 18.2 Å². The topological polar surface area (TPSA) is 26.3 Å². The molecule has 0 aliphatic carbocycles. The Morgan fingerprint density at radius 3 is 2.45 bits per heavy atom. The summed E-state index contributed by atoms with van der Waals surface area (Å²) in [5.74, 6) is -2.23. The molecule has 0 aliphatic heterocycles. The highest BCUT2D eigenvalue weighted by Gasteiger charge is 2.34. The van der Waals surface area contributed by atoms with Gasteiger partial charge in [0.25, 0.3) is 6.43 Å². The van der Waals surface area contributed by atoms with Crippen molar-refractivity contribution in [3.63, 3.8) is 0 Å². The first-order valence-electron chi connectivity index (χ1n) is 5.47. The molecule has 1 rings (SSSR count). The van der Waals surface area contributed by atoms with E-state index in [9.17, 15) is 31.1 Å². The molecule has 0 radical (unpaired) electrons. The number of carbonyl (C=O) groups is 1. The summed E-state index contributed by atoms with van der Waals surface area (Å²) in [4.78, 5) is 11.5. The standard InChI is InChI=1S/C12H10F6O2/c13-9-2-1-7(5-8(9)12(16,17)18)10(19)3-4-20-6-11(14)15/h1-2,5,11H,3-4,6H2. The van der Waals surface area contributed by atoms with Crippen molar-refractivity contribution in [1.82, 2.24) is 0 Å². The summed E-state index contributed by atoms with van der Waals surface area (Å²) in [5, 5.41) is 0. The lowest BCUT2D eigenvalue weighted by atomic mass is 10.0. The number of rotatable bonds is 6. The van der Waals surface area contributed by atoms with Crippen LogP contribution in [0.2, 0.25) is 0 Å². The largest absolute Gasteiger partial charge is 0.419 e. The third kappa shape index (κ3) is 4.84. The van der Waals surface area contributed by atoms with Gasteiger partial charge in [0.2, 0.25) is 0 Å². The molecule has 0 N–H and O–H groups in total. The van der Waals surface area contributed by atoms with Gasteiger partial charge in [-0.1, -0.05) is 0 Å². The lowest BCUT2D eigenvalue weighted by molar-refractivity contribution is -0.140. The minimum atomic E-state index is -4.91. The van der Waals surface area contributed by atoms with Gasteiger partial charge in [-0.15, -0.1) is 0 Å². The van der Waals surface area contributed by atoms with E-state index >= 15 is 0 Å². The van der Waals surface area contributed by atoms with Gasteiger partial charge in [0.05, 0.1) is 12.2 Å². The summed E-state index contributed by atoms with van der Waals surface area (Å²) >= 11 is 0. The van der Waals surface area contributed by atoms with E-state index in [0.29, 0.717) is 12.1 Å². The quantitative estimate of drug-likeness (QED) is 0.455. The second kappa shape index (κ2) is 6.74. The Kier molecular flexibility index (Phi) is 5.55. The minimum Gasteiger partial charge on any atom is -0.375 e. The van der Waals surface area contributed by atoms with Crippen molar-refractivity contribution >= 4 is 5.78 Å². The van der Waals surface area contributed by atoms with E-state index in [1.165, 1.54) is 0 Å². The second-order valence-electron chi connectivity index (χ2n) is 3.83. The van der Waals surface area contributed by atoms with Crippen molar-refractivity contribution in [3.8, 4) is 0 Å². The fourth-order valence-electron chi connectivity index (χ4n) is 1.40. The zero-order chi connectivity index (χ0) is 15.3. The molecule has 0 bridgehead atoms. The third-order valence-electron chi connectivity index (χ3n) is 2.31. The van der Waals surface area contributed by atoms with E-state index < -0.39 is 36.4 Å². The van der Waals surface area contributed by atoms with Crippen LogP contribution < -0.4 is 0 Å². The van der Waals surface area contributed by atoms with E-state index in [-0.39, 0.29) is 18.6 Å². The van der Waals surface area contributed by atoms with Gasteiger partial charge in [0.15, 0.2) is 5.78 Å². The van der Waals surface area contributed by atoms with Crippen LogP contribution in [0.4, 0.5) is 26.3 Å². The van der Waals surface area contributed by atoms with Crippen LogP contribution in [0, 0.1) is 5.82 Å². The minimum absolute atomic E-state index is 0.345. The molecule has 20 heavy (non-hydrogen) atoms. The van der Waals surface area contributed by atoms with Crippen molar-refractivity contribution in [3.05, 3.63) is 35.1 Å². The normalized spacial score (nSPS) is 11.9. The average molecular weight is 300 g/mol. The van der Waals surface area contributed by atoms with E-state index in [2.05, 4.69) is 4.74 Å².